The lowest BCUT2D eigenvalue weighted by Crippen LogP contribution is -2.48. The molecule has 2 aromatic carbocycles. The molecule has 0 radical (unpaired) electrons. The third-order valence-electron chi connectivity index (χ3n) is 4.86. The normalized spacial score (nSPS) is 14.9. The third-order valence-corrected chi connectivity index (χ3v) is 6.64. The van der Waals surface area contributed by atoms with Crippen LogP contribution in [0.4, 0.5) is 5.13 Å². The number of aromatic nitrogens is 1. The van der Waals surface area contributed by atoms with Gasteiger partial charge in [-0.3, -0.25) is 4.79 Å². The van der Waals surface area contributed by atoms with Gasteiger partial charge in [-0.15, -0.1) is 0 Å². The Labute approximate surface area is 165 Å². The van der Waals surface area contributed by atoms with Crippen molar-refractivity contribution >= 4 is 48.5 Å². The van der Waals surface area contributed by atoms with Crippen LogP contribution in [-0.4, -0.2) is 42.0 Å². The maximum atomic E-state index is 12.7. The summed E-state index contributed by atoms with van der Waals surface area (Å²) in [5.74, 6) is 0.105. The van der Waals surface area contributed by atoms with Crippen molar-refractivity contribution in [3.63, 3.8) is 0 Å². The van der Waals surface area contributed by atoms with E-state index in [0.717, 1.165) is 46.9 Å². The molecule has 1 aliphatic heterocycles. The number of hydrogen-bond acceptors (Lipinski definition) is 4. The second-order valence-corrected chi connectivity index (χ2v) is 8.55. The smallest absolute Gasteiger partial charge is 0.253 e. The fourth-order valence-electron chi connectivity index (χ4n) is 3.26. The fraction of sp³-hybridized carbons (Fsp3) is 0.300. The molecule has 0 spiro atoms. The van der Waals surface area contributed by atoms with Crippen LogP contribution in [0.25, 0.3) is 10.2 Å². The number of halogens is 1. The average Bonchev–Trinajstić information content (AvgIpc) is 3.12. The van der Waals surface area contributed by atoms with E-state index >= 15 is 0 Å². The second kappa shape index (κ2) is 7.00. The number of fused-ring (bicyclic) bond motifs is 1. The number of carbonyl (C=O) groups excluding carboxylic acids is 1. The molecule has 0 unspecified atom stereocenters. The van der Waals surface area contributed by atoms with Crippen molar-refractivity contribution in [2.75, 3.05) is 31.1 Å². The lowest BCUT2D eigenvalue weighted by atomic mass is 10.1. The van der Waals surface area contributed by atoms with Gasteiger partial charge in [0.1, 0.15) is 0 Å². The average molecular weight is 430 g/mol. The van der Waals surface area contributed by atoms with Gasteiger partial charge in [0.2, 0.25) is 0 Å². The number of anilines is 1. The number of amides is 1. The Kier molecular flexibility index (Phi) is 4.71. The van der Waals surface area contributed by atoms with Crippen LogP contribution in [0, 0.1) is 13.8 Å². The molecule has 1 aliphatic rings. The van der Waals surface area contributed by atoms with Crippen LogP contribution in [0.3, 0.4) is 0 Å². The number of rotatable bonds is 2. The first-order valence-electron chi connectivity index (χ1n) is 8.69. The summed E-state index contributed by atoms with van der Waals surface area (Å²) >= 11 is 5.17. The monoisotopic (exact) mass is 429 g/mol. The summed E-state index contributed by atoms with van der Waals surface area (Å²) in [6, 6.07) is 11.9. The van der Waals surface area contributed by atoms with Crippen molar-refractivity contribution in [3.05, 3.63) is 57.6 Å². The summed E-state index contributed by atoms with van der Waals surface area (Å²) in [6.07, 6.45) is 0. The third kappa shape index (κ3) is 3.23. The Balaban J connectivity index is 1.48. The van der Waals surface area contributed by atoms with Gasteiger partial charge in [0.05, 0.1) is 10.2 Å². The summed E-state index contributed by atoms with van der Waals surface area (Å²) in [5, 5.41) is 1.06. The summed E-state index contributed by atoms with van der Waals surface area (Å²) in [7, 11) is 0. The van der Waals surface area contributed by atoms with Gasteiger partial charge in [-0.2, -0.15) is 0 Å². The van der Waals surface area contributed by atoms with Crippen LogP contribution in [0.5, 0.6) is 0 Å². The lowest BCUT2D eigenvalue weighted by Gasteiger charge is -2.34. The number of nitrogens with zero attached hydrogens (tertiary/aromatic N) is 3. The molecule has 26 heavy (non-hydrogen) atoms. The van der Waals surface area contributed by atoms with Gasteiger partial charge in [-0.1, -0.05) is 39.4 Å². The molecular weight excluding hydrogens is 410 g/mol. The van der Waals surface area contributed by atoms with Gasteiger partial charge in [-0.05, 0) is 49.2 Å². The van der Waals surface area contributed by atoms with Crippen LogP contribution in [0.1, 0.15) is 21.5 Å². The molecule has 4 nitrogen and oxygen atoms in total. The molecule has 2 heterocycles. The van der Waals surface area contributed by atoms with E-state index in [1.165, 1.54) is 15.8 Å². The van der Waals surface area contributed by atoms with Gasteiger partial charge in [-0.25, -0.2) is 4.98 Å². The minimum Gasteiger partial charge on any atom is -0.345 e. The van der Waals surface area contributed by atoms with E-state index in [2.05, 4.69) is 46.8 Å². The molecular formula is C20H20BrN3OS. The van der Waals surface area contributed by atoms with Crippen LogP contribution in [0.2, 0.25) is 0 Å². The number of carbonyl (C=O) groups is 1. The molecule has 1 amide bonds. The van der Waals surface area contributed by atoms with Crippen LogP contribution in [0.15, 0.2) is 40.9 Å². The highest BCUT2D eigenvalue weighted by atomic mass is 79.9. The van der Waals surface area contributed by atoms with E-state index in [9.17, 15) is 4.79 Å². The van der Waals surface area contributed by atoms with Gasteiger partial charge >= 0.3 is 0 Å². The van der Waals surface area contributed by atoms with Gasteiger partial charge in [0, 0.05) is 36.2 Å². The predicted molar refractivity (Wildman–Crippen MR) is 111 cm³/mol. The molecule has 0 N–H and O–H groups in total. The van der Waals surface area contributed by atoms with E-state index in [1.807, 2.05) is 29.2 Å². The zero-order valence-corrected chi connectivity index (χ0v) is 17.2. The molecule has 0 bridgehead atoms. The molecule has 1 aromatic heterocycles. The SMILES string of the molecule is Cc1ccc(C)c2sc(N3CCN(C(=O)c4ccc(Br)cc4)CC3)nc12. The zero-order valence-electron chi connectivity index (χ0n) is 14.8. The number of benzene rings is 2. The van der Waals surface area contributed by atoms with E-state index in [4.69, 9.17) is 4.98 Å². The van der Waals surface area contributed by atoms with E-state index < -0.39 is 0 Å². The van der Waals surface area contributed by atoms with Crippen molar-refractivity contribution in [2.24, 2.45) is 0 Å². The van der Waals surface area contributed by atoms with E-state index in [-0.39, 0.29) is 5.91 Å². The second-order valence-electron chi connectivity index (χ2n) is 6.66. The molecule has 3 aromatic rings. The maximum absolute atomic E-state index is 12.7. The first kappa shape index (κ1) is 17.5. The van der Waals surface area contributed by atoms with Crippen molar-refractivity contribution in [1.82, 2.24) is 9.88 Å². The Morgan fingerprint density at radius 2 is 1.65 bits per heavy atom. The number of aryl methyl sites for hydroxylation is 2. The largest absolute Gasteiger partial charge is 0.345 e. The molecule has 4 rings (SSSR count). The summed E-state index contributed by atoms with van der Waals surface area (Å²) in [6.45, 7) is 7.34. The van der Waals surface area contributed by atoms with E-state index in [0.29, 0.717) is 0 Å². The molecule has 0 saturated carbocycles. The summed E-state index contributed by atoms with van der Waals surface area (Å²) in [4.78, 5) is 21.8. The molecule has 134 valence electrons. The quantitative estimate of drug-likeness (QED) is 0.595. The first-order valence-corrected chi connectivity index (χ1v) is 10.3. The topological polar surface area (TPSA) is 36.4 Å². The summed E-state index contributed by atoms with van der Waals surface area (Å²) < 4.78 is 2.26. The molecule has 1 fully saturated rings. The van der Waals surface area contributed by atoms with Crippen molar-refractivity contribution in [3.8, 4) is 0 Å². The maximum Gasteiger partial charge on any atom is 0.253 e. The molecule has 0 atom stereocenters. The highest BCUT2D eigenvalue weighted by Crippen LogP contribution is 2.33. The van der Waals surface area contributed by atoms with Crippen molar-refractivity contribution < 1.29 is 4.79 Å². The molecule has 0 aliphatic carbocycles. The Morgan fingerprint density at radius 3 is 2.31 bits per heavy atom. The summed E-state index contributed by atoms with van der Waals surface area (Å²) in [5.41, 5.74) is 4.35. The number of hydrogen-bond donors (Lipinski definition) is 0. The zero-order chi connectivity index (χ0) is 18.3. The van der Waals surface area contributed by atoms with Crippen LogP contribution < -0.4 is 4.90 Å². The minimum atomic E-state index is 0.105. The minimum absolute atomic E-state index is 0.105. The Bertz CT molecular complexity index is 920. The van der Waals surface area contributed by atoms with Gasteiger partial charge in [0.15, 0.2) is 5.13 Å². The number of thiazole rings is 1. The Morgan fingerprint density at radius 1 is 1.00 bits per heavy atom. The van der Waals surface area contributed by atoms with Crippen molar-refractivity contribution in [2.45, 2.75) is 13.8 Å². The predicted octanol–water partition coefficient (Wildman–Crippen LogP) is 4.64. The highest BCUT2D eigenvalue weighted by molar-refractivity contribution is 9.10. The van der Waals surface area contributed by atoms with Crippen LogP contribution in [-0.2, 0) is 0 Å². The Hall–Kier alpha value is -1.92. The van der Waals surface area contributed by atoms with Gasteiger partial charge in [0.25, 0.3) is 5.91 Å². The molecule has 1 saturated heterocycles. The first-order chi connectivity index (χ1) is 12.5. The van der Waals surface area contributed by atoms with Gasteiger partial charge < -0.3 is 9.80 Å². The van der Waals surface area contributed by atoms with Crippen molar-refractivity contribution in [1.29, 1.82) is 0 Å². The molecule has 6 heteroatoms. The highest BCUT2D eigenvalue weighted by Gasteiger charge is 2.24. The fourth-order valence-corrected chi connectivity index (χ4v) is 4.69. The van der Waals surface area contributed by atoms with E-state index in [1.54, 1.807) is 11.3 Å². The standard InChI is InChI=1S/C20H20BrN3OS/c1-13-3-4-14(2)18-17(13)22-20(26-18)24-11-9-23(10-12-24)19(25)15-5-7-16(21)8-6-15/h3-8H,9-12H2,1-2H3. The van der Waals surface area contributed by atoms with Crippen LogP contribution >= 0.6 is 27.3 Å². The lowest BCUT2D eigenvalue weighted by molar-refractivity contribution is 0.0747. The number of piperazine rings is 1.